The maximum absolute atomic E-state index is 12.6. The first-order valence-corrected chi connectivity index (χ1v) is 8.67. The topological polar surface area (TPSA) is 68.8 Å². The fourth-order valence-electron chi connectivity index (χ4n) is 2.66. The van der Waals surface area contributed by atoms with Crippen LogP contribution < -0.4 is 24.8 Å². The summed E-state index contributed by atoms with van der Waals surface area (Å²) in [6.45, 7) is 4.64. The van der Waals surface area contributed by atoms with E-state index in [0.717, 1.165) is 5.56 Å². The fraction of sp³-hybridized carbons (Fsp3) is 0.316. The molecule has 138 valence electrons. The van der Waals surface area contributed by atoms with Crippen LogP contribution in [0.15, 0.2) is 30.3 Å². The minimum atomic E-state index is -0.507. The van der Waals surface area contributed by atoms with Crippen molar-refractivity contribution in [1.82, 2.24) is 0 Å². The first-order chi connectivity index (χ1) is 12.5. The molecule has 0 spiro atoms. The largest absolute Gasteiger partial charge is 0.495 e. The summed E-state index contributed by atoms with van der Waals surface area (Å²) in [5, 5.41) is 6.62. The molecule has 7 heteroatoms. The van der Waals surface area contributed by atoms with Gasteiger partial charge in [0.1, 0.15) is 25.0 Å². The van der Waals surface area contributed by atoms with E-state index in [-0.39, 0.29) is 5.91 Å². The lowest BCUT2D eigenvalue weighted by Crippen LogP contribution is -2.32. The Morgan fingerprint density at radius 3 is 2.77 bits per heavy atom. The summed E-state index contributed by atoms with van der Waals surface area (Å²) < 4.78 is 16.5. The van der Waals surface area contributed by atoms with Crippen LogP contribution in [-0.4, -0.2) is 32.3 Å². The van der Waals surface area contributed by atoms with Crippen LogP contribution in [0.4, 0.5) is 11.4 Å². The van der Waals surface area contributed by atoms with Crippen molar-refractivity contribution in [1.29, 1.82) is 0 Å². The number of methoxy groups -OCH3 is 1. The van der Waals surface area contributed by atoms with Crippen LogP contribution in [0.5, 0.6) is 17.2 Å². The van der Waals surface area contributed by atoms with Crippen molar-refractivity contribution in [3.8, 4) is 17.2 Å². The van der Waals surface area contributed by atoms with Crippen molar-refractivity contribution in [3.63, 3.8) is 0 Å². The van der Waals surface area contributed by atoms with Gasteiger partial charge in [-0.3, -0.25) is 4.79 Å². The molecule has 6 nitrogen and oxygen atoms in total. The van der Waals surface area contributed by atoms with Gasteiger partial charge in [0.05, 0.1) is 18.5 Å². The van der Waals surface area contributed by atoms with Gasteiger partial charge in [-0.1, -0.05) is 17.7 Å². The SMILES string of the molecule is COc1cc(Cl)c(C)cc1NC(=O)[C@@H](C)Nc1cccc2c1OCCO2. The summed E-state index contributed by atoms with van der Waals surface area (Å²) >= 11 is 6.11. The third-order valence-electron chi connectivity index (χ3n) is 4.07. The van der Waals surface area contributed by atoms with Crippen LogP contribution in [-0.2, 0) is 4.79 Å². The predicted octanol–water partition coefficient (Wildman–Crippen LogP) is 3.87. The quantitative estimate of drug-likeness (QED) is 0.829. The van der Waals surface area contributed by atoms with Gasteiger partial charge in [0, 0.05) is 11.1 Å². The molecule has 0 aliphatic carbocycles. The number of nitrogens with one attached hydrogen (secondary N) is 2. The van der Waals surface area contributed by atoms with Gasteiger partial charge in [0.15, 0.2) is 11.5 Å². The highest BCUT2D eigenvalue weighted by Crippen LogP contribution is 2.37. The number of hydrogen-bond donors (Lipinski definition) is 2. The Morgan fingerprint density at radius 2 is 2.00 bits per heavy atom. The molecule has 3 rings (SSSR count). The standard InChI is InChI=1S/C19H21ClN2O4/c1-11-9-15(17(24-3)10-13(11)20)22-19(23)12(2)21-14-5-4-6-16-18(14)26-8-7-25-16/h4-6,9-10,12,21H,7-8H2,1-3H3,(H,22,23)/t12-/m1/s1. The van der Waals surface area contributed by atoms with Gasteiger partial charge < -0.3 is 24.8 Å². The number of amides is 1. The number of anilines is 2. The van der Waals surface area contributed by atoms with E-state index in [1.165, 1.54) is 7.11 Å². The highest BCUT2D eigenvalue weighted by atomic mass is 35.5. The molecule has 0 radical (unpaired) electrons. The molecule has 2 aromatic rings. The van der Waals surface area contributed by atoms with Crippen molar-refractivity contribution < 1.29 is 19.0 Å². The molecule has 0 saturated carbocycles. The molecule has 1 atom stereocenters. The van der Waals surface area contributed by atoms with Gasteiger partial charge in [0.25, 0.3) is 0 Å². The summed E-state index contributed by atoms with van der Waals surface area (Å²) in [7, 11) is 1.53. The number of aryl methyl sites for hydroxylation is 1. The molecule has 0 bridgehead atoms. The Labute approximate surface area is 157 Å². The molecule has 2 N–H and O–H groups in total. The number of halogens is 1. The maximum Gasteiger partial charge on any atom is 0.246 e. The number of para-hydroxylation sites is 1. The average Bonchev–Trinajstić information content (AvgIpc) is 2.64. The van der Waals surface area contributed by atoms with Gasteiger partial charge in [-0.05, 0) is 37.6 Å². The van der Waals surface area contributed by atoms with Gasteiger partial charge in [-0.15, -0.1) is 0 Å². The number of ether oxygens (including phenoxy) is 3. The first-order valence-electron chi connectivity index (χ1n) is 8.29. The van der Waals surface area contributed by atoms with Crippen LogP contribution in [0.2, 0.25) is 5.02 Å². The molecule has 1 aliphatic rings. The number of carbonyl (C=O) groups excluding carboxylic acids is 1. The van der Waals surface area contributed by atoms with Crippen molar-refractivity contribution in [2.45, 2.75) is 19.9 Å². The van der Waals surface area contributed by atoms with E-state index in [4.69, 9.17) is 25.8 Å². The lowest BCUT2D eigenvalue weighted by molar-refractivity contribution is -0.116. The third kappa shape index (κ3) is 3.80. The van der Waals surface area contributed by atoms with E-state index in [1.807, 2.05) is 25.1 Å². The molecule has 26 heavy (non-hydrogen) atoms. The van der Waals surface area contributed by atoms with Crippen molar-refractivity contribution in [2.24, 2.45) is 0 Å². The smallest absolute Gasteiger partial charge is 0.246 e. The maximum atomic E-state index is 12.6. The van der Waals surface area contributed by atoms with Crippen molar-refractivity contribution in [3.05, 3.63) is 40.9 Å². The van der Waals surface area contributed by atoms with Gasteiger partial charge in [-0.25, -0.2) is 0 Å². The van der Waals surface area contributed by atoms with E-state index in [1.54, 1.807) is 19.1 Å². The zero-order valence-electron chi connectivity index (χ0n) is 14.9. The Balaban J connectivity index is 1.74. The minimum Gasteiger partial charge on any atom is -0.495 e. The molecule has 1 heterocycles. The van der Waals surface area contributed by atoms with E-state index >= 15 is 0 Å². The summed E-state index contributed by atoms with van der Waals surface area (Å²) in [4.78, 5) is 12.6. The van der Waals surface area contributed by atoms with E-state index in [0.29, 0.717) is 46.9 Å². The zero-order valence-corrected chi connectivity index (χ0v) is 15.6. The molecule has 0 aromatic heterocycles. The van der Waals surface area contributed by atoms with Crippen LogP contribution in [0, 0.1) is 6.92 Å². The summed E-state index contributed by atoms with van der Waals surface area (Å²) in [6.07, 6.45) is 0. The summed E-state index contributed by atoms with van der Waals surface area (Å²) in [5.74, 6) is 1.59. The molecule has 1 aliphatic heterocycles. The second-order valence-electron chi connectivity index (χ2n) is 5.99. The number of fused-ring (bicyclic) bond motifs is 1. The van der Waals surface area contributed by atoms with Crippen LogP contribution in [0.25, 0.3) is 0 Å². The normalized spacial score (nSPS) is 13.7. The lowest BCUT2D eigenvalue weighted by Gasteiger charge is -2.23. The summed E-state index contributed by atoms with van der Waals surface area (Å²) in [5.41, 5.74) is 2.14. The Bertz CT molecular complexity index is 825. The predicted molar refractivity (Wildman–Crippen MR) is 102 cm³/mol. The molecule has 0 fully saturated rings. The fourth-order valence-corrected chi connectivity index (χ4v) is 2.81. The zero-order chi connectivity index (χ0) is 18.7. The van der Waals surface area contributed by atoms with E-state index in [2.05, 4.69) is 10.6 Å². The highest BCUT2D eigenvalue weighted by Gasteiger charge is 2.20. The molecular formula is C19H21ClN2O4. The molecule has 1 amide bonds. The number of rotatable bonds is 5. The number of benzene rings is 2. The van der Waals surface area contributed by atoms with E-state index in [9.17, 15) is 4.79 Å². The van der Waals surface area contributed by atoms with Gasteiger partial charge >= 0.3 is 0 Å². The van der Waals surface area contributed by atoms with Crippen molar-refractivity contribution >= 4 is 28.9 Å². The van der Waals surface area contributed by atoms with Crippen LogP contribution >= 0.6 is 11.6 Å². The van der Waals surface area contributed by atoms with Gasteiger partial charge in [-0.2, -0.15) is 0 Å². The van der Waals surface area contributed by atoms with E-state index < -0.39 is 6.04 Å². The van der Waals surface area contributed by atoms with Crippen LogP contribution in [0.1, 0.15) is 12.5 Å². The minimum absolute atomic E-state index is 0.209. The molecule has 0 unspecified atom stereocenters. The molecule has 0 saturated heterocycles. The Hall–Kier alpha value is -2.60. The van der Waals surface area contributed by atoms with Crippen molar-refractivity contribution in [2.75, 3.05) is 31.0 Å². The summed E-state index contributed by atoms with van der Waals surface area (Å²) in [6, 6.07) is 8.51. The first kappa shape index (κ1) is 18.2. The monoisotopic (exact) mass is 376 g/mol. The second kappa shape index (κ2) is 7.74. The Kier molecular flexibility index (Phi) is 5.42. The van der Waals surface area contributed by atoms with Gasteiger partial charge in [0.2, 0.25) is 5.91 Å². The Morgan fingerprint density at radius 1 is 1.23 bits per heavy atom. The number of hydrogen-bond acceptors (Lipinski definition) is 5. The lowest BCUT2D eigenvalue weighted by atomic mass is 10.2. The molecule has 2 aromatic carbocycles. The highest BCUT2D eigenvalue weighted by molar-refractivity contribution is 6.31. The average molecular weight is 377 g/mol. The number of carbonyl (C=O) groups is 1. The second-order valence-corrected chi connectivity index (χ2v) is 6.39. The van der Waals surface area contributed by atoms with Crippen LogP contribution in [0.3, 0.4) is 0 Å². The molecular weight excluding hydrogens is 356 g/mol. The third-order valence-corrected chi connectivity index (χ3v) is 4.48.